The number of fused-ring (bicyclic) bond motifs is 1. The summed E-state index contributed by atoms with van der Waals surface area (Å²) in [7, 11) is 0. The molecule has 3 nitrogen and oxygen atoms in total. The fraction of sp³-hybridized carbons (Fsp3) is 0.571. The SMILES string of the molecule is Clc1cc2c(c(COC3CCNCC3)c1)OCC2. The molecule has 0 bridgehead atoms. The van der Waals surface area contributed by atoms with Gasteiger partial charge in [-0.25, -0.2) is 0 Å². The largest absolute Gasteiger partial charge is 0.493 e. The number of hydrogen-bond acceptors (Lipinski definition) is 3. The lowest BCUT2D eigenvalue weighted by Crippen LogP contribution is -2.32. The third-order valence-electron chi connectivity index (χ3n) is 3.59. The van der Waals surface area contributed by atoms with Gasteiger partial charge in [0.25, 0.3) is 0 Å². The normalized spacial score (nSPS) is 19.6. The van der Waals surface area contributed by atoms with Crippen LogP contribution < -0.4 is 10.1 Å². The van der Waals surface area contributed by atoms with Crippen LogP contribution in [0.4, 0.5) is 0 Å². The van der Waals surface area contributed by atoms with E-state index in [0.717, 1.165) is 55.3 Å². The molecule has 1 aromatic carbocycles. The third kappa shape index (κ3) is 2.63. The molecule has 0 unspecified atom stereocenters. The Bertz CT molecular complexity index is 430. The number of hydrogen-bond donors (Lipinski definition) is 1. The fourth-order valence-electron chi connectivity index (χ4n) is 2.62. The van der Waals surface area contributed by atoms with Gasteiger partial charge in [0.2, 0.25) is 0 Å². The van der Waals surface area contributed by atoms with Crippen LogP contribution in [0.25, 0.3) is 0 Å². The van der Waals surface area contributed by atoms with Crippen LogP contribution >= 0.6 is 11.6 Å². The van der Waals surface area contributed by atoms with Crippen LogP contribution in [0.1, 0.15) is 24.0 Å². The Morgan fingerprint density at radius 3 is 3.00 bits per heavy atom. The van der Waals surface area contributed by atoms with E-state index in [9.17, 15) is 0 Å². The predicted molar refractivity (Wildman–Crippen MR) is 71.3 cm³/mol. The van der Waals surface area contributed by atoms with E-state index in [2.05, 4.69) is 5.32 Å². The lowest BCUT2D eigenvalue weighted by molar-refractivity contribution is 0.0203. The summed E-state index contributed by atoms with van der Waals surface area (Å²) in [6.07, 6.45) is 3.49. The van der Waals surface area contributed by atoms with Crippen molar-refractivity contribution in [1.82, 2.24) is 5.32 Å². The van der Waals surface area contributed by atoms with Crippen molar-refractivity contribution in [3.63, 3.8) is 0 Å². The summed E-state index contributed by atoms with van der Waals surface area (Å²) < 4.78 is 11.6. The monoisotopic (exact) mass is 267 g/mol. The predicted octanol–water partition coefficient (Wildman–Crippen LogP) is 2.54. The minimum atomic E-state index is 0.363. The summed E-state index contributed by atoms with van der Waals surface area (Å²) in [6.45, 7) is 3.47. The van der Waals surface area contributed by atoms with Gasteiger partial charge in [0.15, 0.2) is 0 Å². The molecule has 4 heteroatoms. The number of benzene rings is 1. The van der Waals surface area contributed by atoms with Crippen LogP contribution in [0.15, 0.2) is 12.1 Å². The van der Waals surface area contributed by atoms with Gasteiger partial charge in [0, 0.05) is 17.0 Å². The molecule has 0 atom stereocenters. The minimum absolute atomic E-state index is 0.363. The number of piperidine rings is 1. The summed E-state index contributed by atoms with van der Waals surface area (Å²) in [5.41, 5.74) is 2.31. The molecule has 2 aliphatic rings. The van der Waals surface area contributed by atoms with E-state index >= 15 is 0 Å². The van der Waals surface area contributed by atoms with E-state index in [1.807, 2.05) is 12.1 Å². The average molecular weight is 268 g/mol. The molecule has 0 amide bonds. The summed E-state index contributed by atoms with van der Waals surface area (Å²) in [5.74, 6) is 0.994. The molecular weight excluding hydrogens is 250 g/mol. The molecule has 1 aromatic rings. The molecule has 0 aliphatic carbocycles. The maximum atomic E-state index is 6.13. The van der Waals surface area contributed by atoms with Crippen molar-refractivity contribution in [3.8, 4) is 5.75 Å². The van der Waals surface area contributed by atoms with Crippen molar-refractivity contribution < 1.29 is 9.47 Å². The summed E-state index contributed by atoms with van der Waals surface area (Å²) in [5, 5.41) is 4.12. The Kier molecular flexibility index (Phi) is 3.73. The Morgan fingerprint density at radius 1 is 1.33 bits per heavy atom. The van der Waals surface area contributed by atoms with Crippen molar-refractivity contribution in [2.75, 3.05) is 19.7 Å². The van der Waals surface area contributed by atoms with Gasteiger partial charge in [-0.3, -0.25) is 0 Å². The molecule has 1 N–H and O–H groups in total. The molecule has 1 saturated heterocycles. The summed E-state index contributed by atoms with van der Waals surface area (Å²) in [6, 6.07) is 3.96. The highest BCUT2D eigenvalue weighted by molar-refractivity contribution is 6.30. The molecule has 0 aromatic heterocycles. The number of ether oxygens (including phenoxy) is 2. The molecule has 2 heterocycles. The Balaban J connectivity index is 1.68. The zero-order valence-corrected chi connectivity index (χ0v) is 11.1. The molecular formula is C14H18ClNO2. The number of nitrogens with one attached hydrogen (secondary N) is 1. The number of rotatable bonds is 3. The van der Waals surface area contributed by atoms with E-state index in [0.29, 0.717) is 12.7 Å². The van der Waals surface area contributed by atoms with Crippen LogP contribution in [0, 0.1) is 0 Å². The van der Waals surface area contributed by atoms with E-state index < -0.39 is 0 Å². The highest BCUT2D eigenvalue weighted by Gasteiger charge is 2.19. The average Bonchev–Trinajstić information content (AvgIpc) is 2.85. The smallest absolute Gasteiger partial charge is 0.128 e. The minimum Gasteiger partial charge on any atom is -0.493 e. The van der Waals surface area contributed by atoms with Crippen LogP contribution in [-0.4, -0.2) is 25.8 Å². The summed E-state index contributed by atoms with van der Waals surface area (Å²) in [4.78, 5) is 0. The van der Waals surface area contributed by atoms with Crippen LogP contribution in [0.3, 0.4) is 0 Å². The van der Waals surface area contributed by atoms with Gasteiger partial charge in [-0.05, 0) is 43.6 Å². The van der Waals surface area contributed by atoms with Crippen molar-refractivity contribution in [3.05, 3.63) is 28.3 Å². The highest BCUT2D eigenvalue weighted by Crippen LogP contribution is 2.33. The zero-order valence-electron chi connectivity index (χ0n) is 10.4. The third-order valence-corrected chi connectivity index (χ3v) is 3.80. The molecule has 0 saturated carbocycles. The molecule has 0 spiro atoms. The fourth-order valence-corrected chi connectivity index (χ4v) is 2.89. The lowest BCUT2D eigenvalue weighted by atomic mass is 10.1. The summed E-state index contributed by atoms with van der Waals surface area (Å²) >= 11 is 6.13. The maximum Gasteiger partial charge on any atom is 0.128 e. The van der Waals surface area contributed by atoms with Crippen molar-refractivity contribution in [2.45, 2.75) is 32.0 Å². The van der Waals surface area contributed by atoms with Crippen molar-refractivity contribution in [2.24, 2.45) is 0 Å². The second-order valence-electron chi connectivity index (χ2n) is 4.91. The first-order valence-electron chi connectivity index (χ1n) is 6.59. The first-order valence-corrected chi connectivity index (χ1v) is 6.97. The van der Waals surface area contributed by atoms with Gasteiger partial charge in [-0.15, -0.1) is 0 Å². The molecule has 3 rings (SSSR count). The molecule has 98 valence electrons. The Morgan fingerprint density at radius 2 is 2.17 bits per heavy atom. The van der Waals surface area contributed by atoms with E-state index in [1.54, 1.807) is 0 Å². The van der Waals surface area contributed by atoms with Crippen molar-refractivity contribution >= 4 is 11.6 Å². The van der Waals surface area contributed by atoms with Gasteiger partial charge in [0.1, 0.15) is 5.75 Å². The van der Waals surface area contributed by atoms with E-state index in [4.69, 9.17) is 21.1 Å². The first kappa shape index (κ1) is 12.3. The van der Waals surface area contributed by atoms with Crippen LogP contribution in [0.2, 0.25) is 5.02 Å². The van der Waals surface area contributed by atoms with Crippen molar-refractivity contribution in [1.29, 1.82) is 0 Å². The topological polar surface area (TPSA) is 30.5 Å². The van der Waals surface area contributed by atoms with Crippen LogP contribution in [-0.2, 0) is 17.8 Å². The highest BCUT2D eigenvalue weighted by atomic mass is 35.5. The first-order chi connectivity index (χ1) is 8.83. The van der Waals surface area contributed by atoms with E-state index in [1.165, 1.54) is 5.56 Å². The molecule has 0 radical (unpaired) electrons. The van der Waals surface area contributed by atoms with Gasteiger partial charge < -0.3 is 14.8 Å². The zero-order chi connectivity index (χ0) is 12.4. The Labute approximate surface area is 112 Å². The number of halogens is 1. The van der Waals surface area contributed by atoms with Gasteiger partial charge in [0.05, 0.1) is 19.3 Å². The quantitative estimate of drug-likeness (QED) is 0.913. The van der Waals surface area contributed by atoms with Gasteiger partial charge >= 0.3 is 0 Å². The standard InChI is InChI=1S/C14H18ClNO2/c15-12-7-10-3-6-17-14(10)11(8-12)9-18-13-1-4-16-5-2-13/h7-8,13,16H,1-6,9H2. The van der Waals surface area contributed by atoms with Gasteiger partial charge in [-0.2, -0.15) is 0 Å². The molecule has 18 heavy (non-hydrogen) atoms. The molecule has 1 fully saturated rings. The molecule has 2 aliphatic heterocycles. The lowest BCUT2D eigenvalue weighted by Gasteiger charge is -2.23. The van der Waals surface area contributed by atoms with E-state index in [-0.39, 0.29) is 0 Å². The second-order valence-corrected chi connectivity index (χ2v) is 5.35. The van der Waals surface area contributed by atoms with Crippen LogP contribution in [0.5, 0.6) is 5.75 Å². The van der Waals surface area contributed by atoms with Gasteiger partial charge in [-0.1, -0.05) is 11.6 Å². The Hall–Kier alpha value is -0.770. The second kappa shape index (κ2) is 5.47. The maximum absolute atomic E-state index is 6.13.